The number of hydrogen-bond acceptors (Lipinski definition) is 3. The van der Waals surface area contributed by atoms with Crippen LogP contribution in [0.15, 0.2) is 18.5 Å². The van der Waals surface area contributed by atoms with Gasteiger partial charge in [0, 0.05) is 57.5 Å². The zero-order chi connectivity index (χ0) is 11.2. The van der Waals surface area contributed by atoms with E-state index >= 15 is 0 Å². The van der Waals surface area contributed by atoms with Crippen LogP contribution in [0, 0.1) is 0 Å². The summed E-state index contributed by atoms with van der Waals surface area (Å²) < 4.78 is 1.99. The predicted molar refractivity (Wildman–Crippen MR) is 65.8 cm³/mol. The second-order valence-corrected chi connectivity index (χ2v) is 4.52. The average Bonchev–Trinajstić information content (AvgIpc) is 2.82. The van der Waals surface area contributed by atoms with Crippen molar-refractivity contribution in [2.75, 3.05) is 45.1 Å². The second kappa shape index (κ2) is 6.23. The second-order valence-electron chi connectivity index (χ2n) is 4.14. The first kappa shape index (κ1) is 11.9. The van der Waals surface area contributed by atoms with Crippen molar-refractivity contribution in [1.82, 2.24) is 19.6 Å². The largest absolute Gasteiger partial charge is 0.300 e. The van der Waals surface area contributed by atoms with Crippen molar-refractivity contribution in [2.45, 2.75) is 6.54 Å². The highest BCUT2D eigenvalue weighted by Gasteiger charge is 2.15. The van der Waals surface area contributed by atoms with E-state index in [1.54, 1.807) is 0 Å². The molecule has 1 saturated heterocycles. The first-order chi connectivity index (χ1) is 7.88. The van der Waals surface area contributed by atoms with Gasteiger partial charge in [-0.3, -0.25) is 14.5 Å². The van der Waals surface area contributed by atoms with Crippen LogP contribution in [0.25, 0.3) is 0 Å². The highest BCUT2D eigenvalue weighted by atomic mass is 35.5. The molecule has 2 rings (SSSR count). The Hall–Kier alpha value is -0.580. The highest BCUT2D eigenvalue weighted by molar-refractivity contribution is 6.18. The monoisotopic (exact) mass is 242 g/mol. The van der Waals surface area contributed by atoms with E-state index in [0.29, 0.717) is 0 Å². The molecule has 4 nitrogen and oxygen atoms in total. The van der Waals surface area contributed by atoms with Gasteiger partial charge in [-0.2, -0.15) is 5.10 Å². The Bertz CT molecular complexity index is 280. The lowest BCUT2D eigenvalue weighted by Gasteiger charge is -2.34. The molecule has 1 aromatic heterocycles. The molecule has 0 N–H and O–H groups in total. The summed E-state index contributed by atoms with van der Waals surface area (Å²) in [4.78, 5) is 4.92. The predicted octanol–water partition coefficient (Wildman–Crippen LogP) is 0.739. The third kappa shape index (κ3) is 3.47. The Balaban J connectivity index is 1.65. The van der Waals surface area contributed by atoms with Gasteiger partial charge in [0.25, 0.3) is 0 Å². The minimum Gasteiger partial charge on any atom is -0.300 e. The molecule has 0 atom stereocenters. The van der Waals surface area contributed by atoms with Gasteiger partial charge in [-0.1, -0.05) is 0 Å². The molecule has 0 spiro atoms. The molecule has 5 heteroatoms. The summed E-state index contributed by atoms with van der Waals surface area (Å²) in [7, 11) is 0. The van der Waals surface area contributed by atoms with Crippen molar-refractivity contribution < 1.29 is 0 Å². The summed E-state index contributed by atoms with van der Waals surface area (Å²) in [5.41, 5.74) is 0. The number of alkyl halides is 1. The van der Waals surface area contributed by atoms with Gasteiger partial charge in [0.15, 0.2) is 0 Å². The maximum Gasteiger partial charge on any atom is 0.0536 e. The third-order valence-corrected chi connectivity index (χ3v) is 3.24. The maximum atomic E-state index is 5.73. The van der Waals surface area contributed by atoms with Crippen LogP contribution < -0.4 is 0 Å². The van der Waals surface area contributed by atoms with Crippen molar-refractivity contribution in [3.8, 4) is 0 Å². The Labute approximate surface area is 102 Å². The zero-order valence-electron chi connectivity index (χ0n) is 9.56. The summed E-state index contributed by atoms with van der Waals surface area (Å²) in [5.74, 6) is 0.743. The molecule has 0 aliphatic carbocycles. The lowest BCUT2D eigenvalue weighted by Crippen LogP contribution is -2.47. The molecule has 0 amide bonds. The van der Waals surface area contributed by atoms with Gasteiger partial charge in [0.2, 0.25) is 0 Å². The Kier molecular flexibility index (Phi) is 4.63. The van der Waals surface area contributed by atoms with Gasteiger partial charge in [-0.05, 0) is 6.07 Å². The topological polar surface area (TPSA) is 24.3 Å². The maximum absolute atomic E-state index is 5.73. The fourth-order valence-electron chi connectivity index (χ4n) is 2.03. The molecular weight excluding hydrogens is 224 g/mol. The number of halogens is 1. The van der Waals surface area contributed by atoms with Crippen LogP contribution in [0.3, 0.4) is 0 Å². The van der Waals surface area contributed by atoms with Crippen LogP contribution in [-0.4, -0.2) is 64.7 Å². The van der Waals surface area contributed by atoms with Crippen molar-refractivity contribution in [3.63, 3.8) is 0 Å². The molecule has 0 saturated carbocycles. The zero-order valence-corrected chi connectivity index (χ0v) is 10.3. The standard InChI is InChI=1S/C11H19ClN4/c12-2-5-14-6-8-15(9-7-14)10-11-16-4-1-3-13-16/h1,3-4H,2,5-11H2. The Morgan fingerprint density at radius 2 is 1.69 bits per heavy atom. The molecule has 0 unspecified atom stereocenters. The molecule has 2 heterocycles. The van der Waals surface area contributed by atoms with Crippen LogP contribution in [-0.2, 0) is 6.54 Å². The first-order valence-corrected chi connectivity index (χ1v) is 6.40. The van der Waals surface area contributed by atoms with E-state index in [-0.39, 0.29) is 0 Å². The normalized spacial score (nSPS) is 19.1. The smallest absolute Gasteiger partial charge is 0.0536 e. The van der Waals surface area contributed by atoms with E-state index < -0.39 is 0 Å². The molecule has 1 aliphatic rings. The fraction of sp³-hybridized carbons (Fsp3) is 0.727. The summed E-state index contributed by atoms with van der Waals surface area (Å²) in [5, 5.41) is 4.21. The lowest BCUT2D eigenvalue weighted by molar-refractivity contribution is 0.133. The number of hydrogen-bond donors (Lipinski definition) is 0. The fourth-order valence-corrected chi connectivity index (χ4v) is 2.27. The van der Waals surface area contributed by atoms with Crippen LogP contribution in [0.5, 0.6) is 0 Å². The Morgan fingerprint density at radius 3 is 2.25 bits per heavy atom. The van der Waals surface area contributed by atoms with Crippen molar-refractivity contribution in [1.29, 1.82) is 0 Å². The molecule has 1 aromatic rings. The highest BCUT2D eigenvalue weighted by Crippen LogP contribution is 2.02. The lowest BCUT2D eigenvalue weighted by atomic mass is 10.3. The molecule has 90 valence electrons. The van der Waals surface area contributed by atoms with Crippen LogP contribution in [0.1, 0.15) is 0 Å². The molecule has 1 aliphatic heterocycles. The van der Waals surface area contributed by atoms with E-state index in [9.17, 15) is 0 Å². The Morgan fingerprint density at radius 1 is 1.00 bits per heavy atom. The van der Waals surface area contributed by atoms with E-state index in [1.165, 1.54) is 0 Å². The first-order valence-electron chi connectivity index (χ1n) is 5.86. The minimum absolute atomic E-state index is 0.743. The number of rotatable bonds is 5. The SMILES string of the molecule is ClCCN1CCN(CCn2cccn2)CC1. The number of nitrogens with zero attached hydrogens (tertiary/aromatic N) is 4. The van der Waals surface area contributed by atoms with Gasteiger partial charge < -0.3 is 0 Å². The van der Waals surface area contributed by atoms with E-state index in [1.807, 2.05) is 23.1 Å². The quantitative estimate of drug-likeness (QED) is 0.712. The van der Waals surface area contributed by atoms with Gasteiger partial charge in [-0.25, -0.2) is 0 Å². The molecule has 0 bridgehead atoms. The number of aromatic nitrogens is 2. The number of piperazine rings is 1. The molecular formula is C11H19ClN4. The average molecular weight is 243 g/mol. The third-order valence-electron chi connectivity index (χ3n) is 3.07. The van der Waals surface area contributed by atoms with E-state index in [2.05, 4.69) is 14.9 Å². The molecule has 1 fully saturated rings. The molecule has 16 heavy (non-hydrogen) atoms. The summed E-state index contributed by atoms with van der Waals surface area (Å²) >= 11 is 5.73. The van der Waals surface area contributed by atoms with Gasteiger partial charge in [-0.15, -0.1) is 11.6 Å². The minimum atomic E-state index is 0.743. The van der Waals surface area contributed by atoms with Crippen LogP contribution >= 0.6 is 11.6 Å². The van der Waals surface area contributed by atoms with Crippen molar-refractivity contribution in [3.05, 3.63) is 18.5 Å². The van der Waals surface area contributed by atoms with Crippen LogP contribution in [0.4, 0.5) is 0 Å². The van der Waals surface area contributed by atoms with Crippen LogP contribution in [0.2, 0.25) is 0 Å². The summed E-state index contributed by atoms with van der Waals surface area (Å²) in [6.45, 7) is 7.70. The van der Waals surface area contributed by atoms with Gasteiger partial charge in [0.05, 0.1) is 6.54 Å². The summed E-state index contributed by atoms with van der Waals surface area (Å²) in [6, 6.07) is 1.97. The van der Waals surface area contributed by atoms with E-state index in [0.717, 1.165) is 51.7 Å². The van der Waals surface area contributed by atoms with Crippen molar-refractivity contribution in [2.24, 2.45) is 0 Å². The molecule has 0 radical (unpaired) electrons. The van der Waals surface area contributed by atoms with Gasteiger partial charge >= 0.3 is 0 Å². The molecule has 0 aromatic carbocycles. The van der Waals surface area contributed by atoms with E-state index in [4.69, 9.17) is 11.6 Å². The van der Waals surface area contributed by atoms with Crippen molar-refractivity contribution >= 4 is 11.6 Å². The van der Waals surface area contributed by atoms with Gasteiger partial charge in [0.1, 0.15) is 0 Å². The summed E-state index contributed by atoms with van der Waals surface area (Å²) in [6.07, 6.45) is 3.85.